The van der Waals surface area contributed by atoms with Crippen LogP contribution in [0.4, 0.5) is 0 Å². The molecule has 8 heteroatoms. The van der Waals surface area contributed by atoms with E-state index in [4.69, 9.17) is 32.9 Å². The van der Waals surface area contributed by atoms with Crippen LogP contribution in [-0.2, 0) is 9.53 Å². The molecule has 34 heavy (non-hydrogen) atoms. The van der Waals surface area contributed by atoms with Crippen molar-refractivity contribution in [1.82, 2.24) is 4.57 Å². The molecule has 0 unspecified atom stereocenters. The zero-order valence-corrected chi connectivity index (χ0v) is 20.6. The molecule has 2 aliphatic rings. The molecule has 0 saturated heterocycles. The fraction of sp³-hybridized carbons (Fsp3) is 0.192. The van der Waals surface area contributed by atoms with Crippen molar-refractivity contribution in [2.45, 2.75) is 25.3 Å². The average Bonchev–Trinajstić information content (AvgIpc) is 3.14. The van der Waals surface area contributed by atoms with E-state index in [1.807, 2.05) is 48.5 Å². The van der Waals surface area contributed by atoms with Gasteiger partial charge in [-0.05, 0) is 59.7 Å². The highest BCUT2D eigenvalue weighted by Crippen LogP contribution is 2.42. The molecule has 5 rings (SSSR count). The van der Waals surface area contributed by atoms with Crippen LogP contribution in [0.1, 0.15) is 36.4 Å². The molecular weight excluding hydrogens is 491 g/mol. The first-order valence-corrected chi connectivity index (χ1v) is 12.4. The SMILES string of the molecule is COC(=O)/C=c1\sc2n(c1=O)[C@@H](c1ccccc1Cl)C1=C(N=2)/C(=C/c2ccccc2Cl)CCC1. The Balaban J connectivity index is 1.79. The molecule has 2 heterocycles. The summed E-state index contributed by atoms with van der Waals surface area (Å²) in [5.74, 6) is -0.581. The Kier molecular flexibility index (Phi) is 6.30. The zero-order chi connectivity index (χ0) is 23.8. The van der Waals surface area contributed by atoms with Gasteiger partial charge in [0, 0.05) is 16.1 Å². The molecule has 1 aliphatic heterocycles. The first kappa shape index (κ1) is 22.8. The molecule has 1 atom stereocenters. The lowest BCUT2D eigenvalue weighted by molar-refractivity contribution is -0.133. The van der Waals surface area contributed by atoms with Crippen LogP contribution in [0.25, 0.3) is 12.2 Å². The Morgan fingerprint density at radius 1 is 1.12 bits per heavy atom. The summed E-state index contributed by atoms with van der Waals surface area (Å²) in [5, 5.41) is 1.25. The van der Waals surface area contributed by atoms with E-state index < -0.39 is 12.0 Å². The first-order chi connectivity index (χ1) is 16.5. The van der Waals surface area contributed by atoms with Crippen molar-refractivity contribution >= 4 is 52.7 Å². The van der Waals surface area contributed by atoms with Crippen LogP contribution in [0.15, 0.2) is 75.2 Å². The maximum Gasteiger partial charge on any atom is 0.332 e. The topological polar surface area (TPSA) is 60.7 Å². The van der Waals surface area contributed by atoms with E-state index in [1.165, 1.54) is 24.5 Å². The molecule has 0 radical (unpaired) electrons. The largest absolute Gasteiger partial charge is 0.466 e. The molecule has 172 valence electrons. The first-order valence-electron chi connectivity index (χ1n) is 10.8. The normalized spacial score (nSPS) is 19.0. The Morgan fingerprint density at radius 3 is 2.59 bits per heavy atom. The number of fused-ring (bicyclic) bond motifs is 1. The van der Waals surface area contributed by atoms with Crippen molar-refractivity contribution in [2.75, 3.05) is 7.11 Å². The molecule has 0 fully saturated rings. The van der Waals surface area contributed by atoms with Crippen molar-refractivity contribution < 1.29 is 9.53 Å². The Bertz CT molecular complexity index is 1550. The predicted octanol–water partition coefficient (Wildman–Crippen LogP) is 4.91. The number of halogens is 2. The quantitative estimate of drug-likeness (QED) is 0.470. The highest BCUT2D eigenvalue weighted by Gasteiger charge is 2.33. The van der Waals surface area contributed by atoms with Gasteiger partial charge in [0.2, 0.25) is 0 Å². The van der Waals surface area contributed by atoms with E-state index in [-0.39, 0.29) is 10.1 Å². The number of thiazole rings is 1. The third-order valence-electron chi connectivity index (χ3n) is 6.02. The zero-order valence-electron chi connectivity index (χ0n) is 18.3. The van der Waals surface area contributed by atoms with E-state index >= 15 is 0 Å². The van der Waals surface area contributed by atoms with Crippen LogP contribution in [0, 0.1) is 0 Å². The fourth-order valence-electron chi connectivity index (χ4n) is 4.48. The maximum atomic E-state index is 13.4. The molecule has 5 nitrogen and oxygen atoms in total. The number of carbonyl (C=O) groups excluding carboxylic acids is 1. The number of ether oxygens (including phenoxy) is 1. The van der Waals surface area contributed by atoms with Crippen molar-refractivity contribution in [3.63, 3.8) is 0 Å². The van der Waals surface area contributed by atoms with E-state index in [9.17, 15) is 9.59 Å². The summed E-state index contributed by atoms with van der Waals surface area (Å²) >= 11 is 14.2. The van der Waals surface area contributed by atoms with Gasteiger partial charge in [-0.2, -0.15) is 0 Å². The van der Waals surface area contributed by atoms with Gasteiger partial charge in [-0.1, -0.05) is 70.9 Å². The van der Waals surface area contributed by atoms with E-state index in [1.54, 1.807) is 4.57 Å². The Labute approximate surface area is 209 Å². The van der Waals surface area contributed by atoms with Crippen LogP contribution < -0.4 is 14.9 Å². The molecule has 0 N–H and O–H groups in total. The summed E-state index contributed by atoms with van der Waals surface area (Å²) in [7, 11) is 1.28. The number of aromatic nitrogens is 1. The lowest BCUT2D eigenvalue weighted by Gasteiger charge is -2.31. The van der Waals surface area contributed by atoms with Crippen LogP contribution >= 0.6 is 34.5 Å². The molecule has 0 amide bonds. The summed E-state index contributed by atoms with van der Waals surface area (Å²) in [4.78, 5) is 30.8. The molecular formula is C26H20Cl2N2O3S. The van der Waals surface area contributed by atoms with Gasteiger partial charge in [-0.3, -0.25) is 9.36 Å². The molecule has 0 spiro atoms. The van der Waals surface area contributed by atoms with Crippen molar-refractivity contribution in [3.05, 3.63) is 106 Å². The molecule has 3 aromatic rings. The smallest absolute Gasteiger partial charge is 0.332 e. The van der Waals surface area contributed by atoms with Gasteiger partial charge in [-0.25, -0.2) is 9.79 Å². The average molecular weight is 511 g/mol. The van der Waals surface area contributed by atoms with Gasteiger partial charge in [-0.15, -0.1) is 0 Å². The number of hydrogen-bond acceptors (Lipinski definition) is 5. The standard InChI is InChI=1S/C26H20Cl2N2O3S/c1-33-22(31)14-21-25(32)30-24(17-9-3-5-12-20(17)28)18-10-6-8-16(23(18)29-26(30)34-21)13-15-7-2-4-11-19(15)27/h2-5,7,9,11-14,24H,6,8,10H2,1H3/b16-13+,21-14-/t24-/m0/s1. The third-order valence-corrected chi connectivity index (χ3v) is 7.69. The van der Waals surface area contributed by atoms with Crippen LogP contribution in [0.3, 0.4) is 0 Å². The van der Waals surface area contributed by atoms with Crippen LogP contribution in [-0.4, -0.2) is 17.6 Å². The second-order valence-corrected chi connectivity index (χ2v) is 9.87. The minimum absolute atomic E-state index is 0.277. The van der Waals surface area contributed by atoms with Gasteiger partial charge in [0.25, 0.3) is 5.56 Å². The molecule has 1 aromatic heterocycles. The summed E-state index contributed by atoms with van der Waals surface area (Å²) in [6.07, 6.45) is 5.84. The van der Waals surface area contributed by atoms with Gasteiger partial charge in [0.15, 0.2) is 4.80 Å². The Hall–Kier alpha value is -2.93. The number of rotatable bonds is 3. The summed E-state index contributed by atoms with van der Waals surface area (Å²) in [6, 6.07) is 14.8. The monoisotopic (exact) mass is 510 g/mol. The number of benzene rings is 2. The van der Waals surface area contributed by atoms with Gasteiger partial charge >= 0.3 is 5.97 Å². The second kappa shape index (κ2) is 9.37. The lowest BCUT2D eigenvalue weighted by Crippen LogP contribution is -2.39. The summed E-state index contributed by atoms with van der Waals surface area (Å²) < 4.78 is 6.67. The number of carbonyl (C=O) groups is 1. The van der Waals surface area contributed by atoms with Gasteiger partial charge in [0.05, 0.1) is 18.8 Å². The second-order valence-electron chi connectivity index (χ2n) is 8.05. The molecule has 0 saturated carbocycles. The summed E-state index contributed by atoms with van der Waals surface area (Å²) in [5.41, 5.74) is 4.43. The summed E-state index contributed by atoms with van der Waals surface area (Å²) in [6.45, 7) is 0. The van der Waals surface area contributed by atoms with Crippen molar-refractivity contribution in [2.24, 2.45) is 4.99 Å². The van der Waals surface area contributed by atoms with Crippen molar-refractivity contribution in [1.29, 1.82) is 0 Å². The molecule has 2 aromatic carbocycles. The number of nitrogens with zero attached hydrogens (tertiary/aromatic N) is 2. The minimum atomic E-state index is -0.581. The highest BCUT2D eigenvalue weighted by atomic mass is 35.5. The van der Waals surface area contributed by atoms with Crippen molar-refractivity contribution in [3.8, 4) is 0 Å². The van der Waals surface area contributed by atoms with Gasteiger partial charge in [0.1, 0.15) is 4.53 Å². The molecule has 0 bridgehead atoms. The predicted molar refractivity (Wildman–Crippen MR) is 136 cm³/mol. The number of hydrogen-bond donors (Lipinski definition) is 0. The fourth-order valence-corrected chi connectivity index (χ4v) is 5.87. The number of esters is 1. The number of allylic oxidation sites excluding steroid dienone is 2. The van der Waals surface area contributed by atoms with E-state index in [2.05, 4.69) is 6.08 Å². The number of methoxy groups -OCH3 is 1. The minimum Gasteiger partial charge on any atom is -0.466 e. The molecule has 1 aliphatic carbocycles. The Morgan fingerprint density at radius 2 is 1.85 bits per heavy atom. The van der Waals surface area contributed by atoms with E-state index in [0.29, 0.717) is 14.8 Å². The van der Waals surface area contributed by atoms with Crippen LogP contribution in [0.5, 0.6) is 0 Å². The van der Waals surface area contributed by atoms with Crippen LogP contribution in [0.2, 0.25) is 10.0 Å². The highest BCUT2D eigenvalue weighted by molar-refractivity contribution is 7.07. The lowest BCUT2D eigenvalue weighted by atomic mass is 9.84. The third kappa shape index (κ3) is 4.06. The maximum absolute atomic E-state index is 13.4. The van der Waals surface area contributed by atoms with E-state index in [0.717, 1.165) is 47.2 Å². The van der Waals surface area contributed by atoms with Gasteiger partial charge < -0.3 is 4.74 Å².